The van der Waals surface area contributed by atoms with Gasteiger partial charge in [-0.3, -0.25) is 9.89 Å². The lowest BCUT2D eigenvalue weighted by molar-refractivity contribution is 0.102. The Balaban J connectivity index is 1.53. The Labute approximate surface area is 190 Å². The topological polar surface area (TPSA) is 106 Å². The Bertz CT molecular complexity index is 1090. The Morgan fingerprint density at radius 1 is 1.28 bits per heavy atom. The van der Waals surface area contributed by atoms with Crippen LogP contribution in [0.1, 0.15) is 46.5 Å². The van der Waals surface area contributed by atoms with Gasteiger partial charge in [-0.15, -0.1) is 11.3 Å². The van der Waals surface area contributed by atoms with Gasteiger partial charge in [-0.25, -0.2) is 9.78 Å². The van der Waals surface area contributed by atoms with Gasteiger partial charge in [0.1, 0.15) is 5.82 Å². The van der Waals surface area contributed by atoms with Crippen molar-refractivity contribution in [1.82, 2.24) is 30.3 Å². The van der Waals surface area contributed by atoms with E-state index in [9.17, 15) is 9.59 Å². The average Bonchev–Trinajstić information content (AvgIpc) is 3.47. The predicted molar refractivity (Wildman–Crippen MR) is 123 cm³/mol. The van der Waals surface area contributed by atoms with Crippen LogP contribution < -0.4 is 10.6 Å². The normalized spacial score (nSPS) is 15.5. The standard InChI is InChI=1S/C22H27N7O2S/c1-22(2)17-15(18(27-26-17)25-19(30)20-23-10-11-32-20)12-29(22)21(31)24-16(13-28(3)4)14-8-6-5-7-9-14/h5-11,16H,12-13H2,1-4H3,(H,24,31)(H2,25,26,27,30)/t16-/m1/s1. The molecular weight excluding hydrogens is 426 g/mol. The molecule has 3 amide bonds. The number of aromatic nitrogens is 3. The summed E-state index contributed by atoms with van der Waals surface area (Å²) in [7, 11) is 3.96. The summed E-state index contributed by atoms with van der Waals surface area (Å²) in [5.41, 5.74) is 1.95. The molecule has 2 aromatic heterocycles. The molecule has 0 spiro atoms. The third-order valence-corrected chi connectivity index (χ3v) is 6.37. The van der Waals surface area contributed by atoms with E-state index in [4.69, 9.17) is 0 Å². The predicted octanol–water partition coefficient (Wildman–Crippen LogP) is 3.18. The lowest BCUT2D eigenvalue weighted by Crippen LogP contribution is -2.48. The molecule has 1 aliphatic heterocycles. The van der Waals surface area contributed by atoms with Crippen LogP contribution in [0.3, 0.4) is 0 Å². The molecule has 0 saturated heterocycles. The second-order valence-corrected chi connectivity index (χ2v) is 9.43. The number of amides is 3. The van der Waals surface area contributed by atoms with Crippen molar-refractivity contribution in [3.63, 3.8) is 0 Å². The van der Waals surface area contributed by atoms with Crippen molar-refractivity contribution < 1.29 is 9.59 Å². The number of hydrogen-bond acceptors (Lipinski definition) is 6. The number of benzene rings is 1. The maximum absolute atomic E-state index is 13.4. The second-order valence-electron chi connectivity index (χ2n) is 8.54. The van der Waals surface area contributed by atoms with Crippen LogP contribution in [0.4, 0.5) is 10.6 Å². The summed E-state index contributed by atoms with van der Waals surface area (Å²) in [5.74, 6) is 0.193. The van der Waals surface area contributed by atoms with Gasteiger partial charge in [0.25, 0.3) is 5.91 Å². The summed E-state index contributed by atoms with van der Waals surface area (Å²) in [6, 6.07) is 9.59. The van der Waals surface area contributed by atoms with Crippen LogP contribution in [0.2, 0.25) is 0 Å². The molecule has 0 unspecified atom stereocenters. The van der Waals surface area contributed by atoms with E-state index in [0.29, 0.717) is 23.9 Å². The minimum atomic E-state index is -0.639. The van der Waals surface area contributed by atoms with E-state index in [1.54, 1.807) is 16.5 Å². The number of carbonyl (C=O) groups excluding carboxylic acids is 2. The number of thiazole rings is 1. The van der Waals surface area contributed by atoms with Crippen LogP contribution >= 0.6 is 11.3 Å². The maximum Gasteiger partial charge on any atom is 0.319 e. The summed E-state index contributed by atoms with van der Waals surface area (Å²) in [5, 5.41) is 15.5. The summed E-state index contributed by atoms with van der Waals surface area (Å²) < 4.78 is 0. The van der Waals surface area contributed by atoms with E-state index in [-0.39, 0.29) is 18.0 Å². The van der Waals surface area contributed by atoms with Crippen molar-refractivity contribution in [3.8, 4) is 0 Å². The minimum absolute atomic E-state index is 0.159. The Morgan fingerprint density at radius 2 is 2.03 bits per heavy atom. The fraction of sp³-hybridized carbons (Fsp3) is 0.364. The number of anilines is 1. The van der Waals surface area contributed by atoms with Gasteiger partial charge in [0, 0.05) is 23.7 Å². The molecule has 1 atom stereocenters. The van der Waals surface area contributed by atoms with Crippen LogP contribution in [-0.2, 0) is 12.1 Å². The number of likely N-dealkylation sites (N-methyl/N-ethyl adjacent to an activating group) is 1. The van der Waals surface area contributed by atoms with E-state index in [0.717, 1.165) is 16.8 Å². The first-order chi connectivity index (χ1) is 15.3. The third-order valence-electron chi connectivity index (χ3n) is 5.60. The first-order valence-corrected chi connectivity index (χ1v) is 11.2. The molecule has 32 heavy (non-hydrogen) atoms. The number of rotatable bonds is 6. The van der Waals surface area contributed by atoms with Crippen molar-refractivity contribution in [1.29, 1.82) is 0 Å². The van der Waals surface area contributed by atoms with Crippen LogP contribution in [0, 0.1) is 0 Å². The molecule has 1 aromatic carbocycles. The smallest absolute Gasteiger partial charge is 0.319 e. The SMILES string of the molecule is CN(C)C[C@@H](NC(=O)N1Cc2c(n[nH]c2NC(=O)c2nccs2)C1(C)C)c1ccccc1. The van der Waals surface area contributed by atoms with Gasteiger partial charge in [0.2, 0.25) is 0 Å². The summed E-state index contributed by atoms with van der Waals surface area (Å²) in [6.07, 6.45) is 1.59. The second kappa shape index (κ2) is 8.71. The number of urea groups is 1. The molecule has 3 aromatic rings. The highest BCUT2D eigenvalue weighted by Crippen LogP contribution is 2.40. The van der Waals surface area contributed by atoms with Gasteiger partial charge < -0.3 is 20.4 Å². The van der Waals surface area contributed by atoms with Gasteiger partial charge in [0.05, 0.1) is 23.8 Å². The van der Waals surface area contributed by atoms with E-state index >= 15 is 0 Å². The quantitative estimate of drug-likeness (QED) is 0.532. The van der Waals surface area contributed by atoms with E-state index in [1.165, 1.54) is 11.3 Å². The highest BCUT2D eigenvalue weighted by atomic mass is 32.1. The fourth-order valence-corrected chi connectivity index (χ4v) is 4.48. The first kappa shape index (κ1) is 22.0. The molecule has 0 saturated carbocycles. The number of nitrogens with one attached hydrogen (secondary N) is 3. The zero-order chi connectivity index (χ0) is 22.9. The zero-order valence-corrected chi connectivity index (χ0v) is 19.4. The number of carbonyl (C=O) groups is 2. The third kappa shape index (κ3) is 4.23. The van der Waals surface area contributed by atoms with Gasteiger partial charge in [-0.2, -0.15) is 5.10 Å². The monoisotopic (exact) mass is 453 g/mol. The number of fused-ring (bicyclic) bond motifs is 1. The number of aromatic amines is 1. The van der Waals surface area contributed by atoms with E-state index in [1.807, 2.05) is 63.2 Å². The largest absolute Gasteiger partial charge is 0.330 e. The molecule has 3 heterocycles. The fourth-order valence-electron chi connectivity index (χ4n) is 3.95. The molecule has 3 N–H and O–H groups in total. The summed E-state index contributed by atoms with van der Waals surface area (Å²) >= 11 is 1.26. The minimum Gasteiger partial charge on any atom is -0.330 e. The molecule has 1 aliphatic rings. The van der Waals surface area contributed by atoms with Gasteiger partial charge in [-0.1, -0.05) is 30.3 Å². The van der Waals surface area contributed by atoms with Crippen molar-refractivity contribution >= 4 is 29.1 Å². The molecule has 0 radical (unpaired) electrons. The van der Waals surface area contributed by atoms with Crippen molar-refractivity contribution in [2.75, 3.05) is 26.0 Å². The highest BCUT2D eigenvalue weighted by molar-refractivity contribution is 7.11. The lowest BCUT2D eigenvalue weighted by atomic mass is 10.0. The van der Waals surface area contributed by atoms with Gasteiger partial charge >= 0.3 is 6.03 Å². The first-order valence-electron chi connectivity index (χ1n) is 10.3. The summed E-state index contributed by atoms with van der Waals surface area (Å²) in [4.78, 5) is 33.7. The molecule has 168 valence electrons. The van der Waals surface area contributed by atoms with Gasteiger partial charge in [0.15, 0.2) is 5.01 Å². The number of hydrogen-bond donors (Lipinski definition) is 3. The highest BCUT2D eigenvalue weighted by Gasteiger charge is 2.44. The van der Waals surface area contributed by atoms with Crippen LogP contribution in [0.25, 0.3) is 0 Å². The van der Waals surface area contributed by atoms with Gasteiger partial charge in [-0.05, 0) is 33.5 Å². The van der Waals surface area contributed by atoms with Crippen molar-refractivity contribution in [2.45, 2.75) is 32.0 Å². The molecule has 0 bridgehead atoms. The van der Waals surface area contributed by atoms with Crippen LogP contribution in [0.5, 0.6) is 0 Å². The zero-order valence-electron chi connectivity index (χ0n) is 18.5. The van der Waals surface area contributed by atoms with Crippen LogP contribution in [0.15, 0.2) is 41.9 Å². The average molecular weight is 454 g/mol. The lowest BCUT2D eigenvalue weighted by Gasteiger charge is -2.33. The van der Waals surface area contributed by atoms with Crippen LogP contribution in [-0.4, -0.2) is 57.6 Å². The molecule has 0 fully saturated rings. The van der Waals surface area contributed by atoms with E-state index < -0.39 is 5.54 Å². The van der Waals surface area contributed by atoms with Crippen molar-refractivity contribution in [3.05, 3.63) is 63.7 Å². The number of H-pyrrole nitrogens is 1. The van der Waals surface area contributed by atoms with E-state index in [2.05, 4.69) is 25.8 Å². The molecule has 10 heteroatoms. The molecular formula is C22H27N7O2S. The Morgan fingerprint density at radius 3 is 2.69 bits per heavy atom. The summed E-state index contributed by atoms with van der Waals surface area (Å²) in [6.45, 7) is 4.91. The van der Waals surface area contributed by atoms with Crippen molar-refractivity contribution in [2.24, 2.45) is 0 Å². The molecule has 4 rings (SSSR count). The Hall–Kier alpha value is -3.24. The number of nitrogens with zero attached hydrogens (tertiary/aromatic N) is 4. The maximum atomic E-state index is 13.4. The molecule has 9 nitrogen and oxygen atoms in total. The molecule has 0 aliphatic carbocycles. The Kier molecular flexibility index (Phi) is 5.98.